The fraction of sp³-hybridized carbons (Fsp3) is 0.200. The number of amides is 1. The molecule has 4 heteroatoms. The van der Waals surface area contributed by atoms with E-state index in [-0.39, 0.29) is 0 Å². The Morgan fingerprint density at radius 1 is 1.67 bits per heavy atom. The topological polar surface area (TPSA) is 66.4 Å². The van der Waals surface area contributed by atoms with Gasteiger partial charge in [0, 0.05) is 6.08 Å². The highest BCUT2D eigenvalue weighted by Crippen LogP contribution is 1.66. The van der Waals surface area contributed by atoms with Crippen LogP contribution in [0.2, 0.25) is 0 Å². The monoisotopic (exact) mass is 129 g/mol. The molecule has 0 saturated carbocycles. The lowest BCUT2D eigenvalue weighted by Crippen LogP contribution is -2.21. The van der Waals surface area contributed by atoms with Crippen LogP contribution in [0.4, 0.5) is 0 Å². The number of carbonyl (C=O) groups is 2. The van der Waals surface area contributed by atoms with Gasteiger partial charge >= 0.3 is 0 Å². The highest BCUT2D eigenvalue weighted by atomic mass is 16.3. The molecule has 0 aliphatic rings. The molecular formula is C5H7NO3. The van der Waals surface area contributed by atoms with Crippen molar-refractivity contribution < 1.29 is 14.7 Å². The Morgan fingerprint density at radius 2 is 2.33 bits per heavy atom. The molecule has 1 amide bonds. The van der Waals surface area contributed by atoms with Crippen molar-refractivity contribution in [1.82, 2.24) is 5.32 Å². The molecule has 0 bridgehead atoms. The Hall–Kier alpha value is -1.16. The van der Waals surface area contributed by atoms with E-state index in [4.69, 9.17) is 5.11 Å². The fourth-order valence-electron chi connectivity index (χ4n) is 0.264. The average molecular weight is 129 g/mol. The van der Waals surface area contributed by atoms with Crippen LogP contribution in [0, 0.1) is 0 Å². The van der Waals surface area contributed by atoms with Gasteiger partial charge in [0.05, 0.1) is 0 Å². The lowest BCUT2D eigenvalue weighted by molar-refractivity contribution is -0.117. The van der Waals surface area contributed by atoms with Crippen molar-refractivity contribution >= 4 is 12.2 Å². The summed E-state index contributed by atoms with van der Waals surface area (Å²) in [5.41, 5.74) is 0. The second kappa shape index (κ2) is 4.99. The van der Waals surface area contributed by atoms with Gasteiger partial charge in [-0.2, -0.15) is 0 Å². The zero-order chi connectivity index (χ0) is 7.11. The van der Waals surface area contributed by atoms with E-state index < -0.39 is 12.6 Å². The number of hydrogen-bond acceptors (Lipinski definition) is 3. The number of carbonyl (C=O) groups excluding carboxylic acids is 2. The molecule has 0 radical (unpaired) electrons. The largest absolute Gasteiger partial charge is 0.376 e. The Balaban J connectivity index is 3.49. The minimum absolute atomic E-state index is 0.415. The number of allylic oxidation sites excluding steroid dienone is 1. The van der Waals surface area contributed by atoms with Gasteiger partial charge in [0.2, 0.25) is 5.91 Å². The van der Waals surface area contributed by atoms with E-state index in [1.807, 2.05) is 0 Å². The second-order valence-corrected chi connectivity index (χ2v) is 1.19. The smallest absolute Gasteiger partial charge is 0.245 e. The average Bonchev–Trinajstić information content (AvgIpc) is 1.85. The van der Waals surface area contributed by atoms with Crippen LogP contribution in [0.5, 0.6) is 0 Å². The summed E-state index contributed by atoms with van der Waals surface area (Å²) >= 11 is 0. The van der Waals surface area contributed by atoms with Crippen molar-refractivity contribution in [3.05, 3.63) is 12.2 Å². The van der Waals surface area contributed by atoms with Crippen molar-refractivity contribution in [2.24, 2.45) is 0 Å². The molecule has 0 aromatic carbocycles. The molecular weight excluding hydrogens is 122 g/mol. The molecule has 0 rings (SSSR count). The lowest BCUT2D eigenvalue weighted by Gasteiger charge is -1.90. The van der Waals surface area contributed by atoms with Crippen molar-refractivity contribution in [2.45, 2.75) is 0 Å². The zero-order valence-corrected chi connectivity index (χ0v) is 4.70. The third-order valence-electron chi connectivity index (χ3n) is 0.579. The highest BCUT2D eigenvalue weighted by molar-refractivity contribution is 5.90. The second-order valence-electron chi connectivity index (χ2n) is 1.19. The van der Waals surface area contributed by atoms with Crippen LogP contribution in [-0.2, 0) is 9.59 Å². The number of rotatable bonds is 3. The Labute approximate surface area is 52.2 Å². The van der Waals surface area contributed by atoms with Gasteiger partial charge in [-0.05, 0) is 6.08 Å². The lowest BCUT2D eigenvalue weighted by atomic mass is 10.5. The first-order chi connectivity index (χ1) is 4.31. The first-order valence-electron chi connectivity index (χ1n) is 2.31. The third kappa shape index (κ3) is 4.70. The summed E-state index contributed by atoms with van der Waals surface area (Å²) in [7, 11) is 0. The van der Waals surface area contributed by atoms with Gasteiger partial charge in [-0.25, -0.2) is 0 Å². The molecule has 0 fully saturated rings. The molecule has 9 heavy (non-hydrogen) atoms. The standard InChI is InChI=1S/C5H7NO3/c7-3-1-2-5(9)6-4-8/h1-3,8H,4H2,(H,6,9)/b2-1-. The van der Waals surface area contributed by atoms with Gasteiger partial charge in [0.15, 0.2) is 0 Å². The van der Waals surface area contributed by atoms with Crippen molar-refractivity contribution in [3.63, 3.8) is 0 Å². The molecule has 2 N–H and O–H groups in total. The zero-order valence-electron chi connectivity index (χ0n) is 4.70. The number of aliphatic hydroxyl groups excluding tert-OH is 1. The number of nitrogens with one attached hydrogen (secondary N) is 1. The Kier molecular flexibility index (Phi) is 4.34. The van der Waals surface area contributed by atoms with E-state index in [2.05, 4.69) is 5.32 Å². The molecule has 4 nitrogen and oxygen atoms in total. The Morgan fingerprint density at radius 3 is 2.78 bits per heavy atom. The quantitative estimate of drug-likeness (QED) is 0.286. The third-order valence-corrected chi connectivity index (χ3v) is 0.579. The van der Waals surface area contributed by atoms with Gasteiger partial charge in [0.1, 0.15) is 13.0 Å². The first-order valence-corrected chi connectivity index (χ1v) is 2.31. The van der Waals surface area contributed by atoms with Crippen molar-refractivity contribution in [1.29, 1.82) is 0 Å². The van der Waals surface area contributed by atoms with Crippen LogP contribution in [-0.4, -0.2) is 24.0 Å². The maximum atomic E-state index is 10.3. The van der Waals surface area contributed by atoms with Gasteiger partial charge in [0.25, 0.3) is 0 Å². The number of aliphatic hydroxyl groups is 1. The molecule has 0 spiro atoms. The SMILES string of the molecule is O=C/C=C\C(=O)NCO. The fourth-order valence-corrected chi connectivity index (χ4v) is 0.264. The Bertz CT molecular complexity index is 130. The highest BCUT2D eigenvalue weighted by Gasteiger charge is 1.87. The van der Waals surface area contributed by atoms with Crippen LogP contribution in [0.25, 0.3) is 0 Å². The summed E-state index contributed by atoms with van der Waals surface area (Å²) < 4.78 is 0. The van der Waals surface area contributed by atoms with Crippen LogP contribution in [0.1, 0.15) is 0 Å². The number of aldehydes is 1. The molecule has 0 unspecified atom stereocenters. The first kappa shape index (κ1) is 7.84. The van der Waals surface area contributed by atoms with Crippen molar-refractivity contribution in [3.8, 4) is 0 Å². The molecule has 0 atom stereocenters. The van der Waals surface area contributed by atoms with Gasteiger partial charge in [-0.1, -0.05) is 0 Å². The number of hydrogen-bond donors (Lipinski definition) is 2. The van der Waals surface area contributed by atoms with E-state index in [0.29, 0.717) is 6.29 Å². The van der Waals surface area contributed by atoms with E-state index in [0.717, 1.165) is 12.2 Å². The van der Waals surface area contributed by atoms with Crippen LogP contribution < -0.4 is 5.32 Å². The normalized spacial score (nSPS) is 9.44. The summed E-state index contributed by atoms with van der Waals surface area (Å²) in [6, 6.07) is 0. The summed E-state index contributed by atoms with van der Waals surface area (Å²) in [6.45, 7) is -0.415. The summed E-state index contributed by atoms with van der Waals surface area (Å²) in [5.74, 6) is -0.482. The van der Waals surface area contributed by atoms with Gasteiger partial charge in [-0.15, -0.1) is 0 Å². The van der Waals surface area contributed by atoms with E-state index in [1.54, 1.807) is 0 Å². The van der Waals surface area contributed by atoms with E-state index in [1.165, 1.54) is 0 Å². The van der Waals surface area contributed by atoms with Gasteiger partial charge in [-0.3, -0.25) is 9.59 Å². The van der Waals surface area contributed by atoms with Crippen LogP contribution in [0.15, 0.2) is 12.2 Å². The maximum absolute atomic E-state index is 10.3. The summed E-state index contributed by atoms with van der Waals surface area (Å²) in [6.07, 6.45) is 2.56. The maximum Gasteiger partial charge on any atom is 0.245 e. The molecule has 0 saturated heterocycles. The molecule has 0 aromatic heterocycles. The summed E-state index contributed by atoms with van der Waals surface area (Å²) in [5, 5.41) is 10.1. The van der Waals surface area contributed by atoms with Crippen LogP contribution in [0.3, 0.4) is 0 Å². The van der Waals surface area contributed by atoms with E-state index >= 15 is 0 Å². The predicted octanol–water partition coefficient (Wildman–Crippen LogP) is -1.19. The summed E-state index contributed by atoms with van der Waals surface area (Å²) in [4.78, 5) is 19.9. The van der Waals surface area contributed by atoms with Crippen LogP contribution >= 0.6 is 0 Å². The molecule has 0 aromatic rings. The predicted molar refractivity (Wildman–Crippen MR) is 30.4 cm³/mol. The van der Waals surface area contributed by atoms with E-state index in [9.17, 15) is 9.59 Å². The van der Waals surface area contributed by atoms with Crippen molar-refractivity contribution in [2.75, 3.05) is 6.73 Å². The molecule has 0 aliphatic heterocycles. The molecule has 50 valence electrons. The minimum atomic E-state index is -0.482. The van der Waals surface area contributed by atoms with Gasteiger partial charge < -0.3 is 10.4 Å². The molecule has 0 aliphatic carbocycles. The minimum Gasteiger partial charge on any atom is -0.376 e. The molecule has 0 heterocycles.